The van der Waals surface area contributed by atoms with Gasteiger partial charge in [-0.05, 0) is 25.0 Å². The van der Waals surface area contributed by atoms with Crippen LogP contribution in [0.5, 0.6) is 0 Å². The first-order valence-corrected chi connectivity index (χ1v) is 10.2. The van der Waals surface area contributed by atoms with E-state index in [0.29, 0.717) is 17.6 Å². The van der Waals surface area contributed by atoms with Gasteiger partial charge in [0.05, 0.1) is 10.7 Å². The molecule has 0 spiro atoms. The van der Waals surface area contributed by atoms with Gasteiger partial charge in [0.1, 0.15) is 5.69 Å². The van der Waals surface area contributed by atoms with E-state index in [9.17, 15) is 0 Å². The molecule has 6 heteroatoms. The lowest BCUT2D eigenvalue weighted by molar-refractivity contribution is 0.431. The van der Waals surface area contributed by atoms with Crippen molar-refractivity contribution in [3.8, 4) is 34.2 Å². The van der Waals surface area contributed by atoms with Gasteiger partial charge >= 0.3 is 0 Å². The van der Waals surface area contributed by atoms with Crippen molar-refractivity contribution in [2.24, 2.45) is 0 Å². The maximum atomic E-state index is 5.48. The second kappa shape index (κ2) is 6.14. The molecule has 1 aliphatic rings. The Morgan fingerprint density at radius 3 is 2.61 bits per heavy atom. The second-order valence-electron chi connectivity index (χ2n) is 7.12. The molecule has 0 saturated heterocycles. The van der Waals surface area contributed by atoms with Crippen LogP contribution in [0.4, 0.5) is 0 Å². The fourth-order valence-corrected chi connectivity index (χ4v) is 4.37. The average Bonchev–Trinajstić information content (AvgIpc) is 3.15. The van der Waals surface area contributed by atoms with Crippen LogP contribution >= 0.6 is 11.3 Å². The highest BCUT2D eigenvalue weighted by molar-refractivity contribution is 7.10. The lowest BCUT2D eigenvalue weighted by Gasteiger charge is -1.98. The average molecular weight is 384 g/mol. The number of benzene rings is 2. The van der Waals surface area contributed by atoms with Crippen LogP contribution in [0, 0.1) is 0 Å². The van der Waals surface area contributed by atoms with Crippen molar-refractivity contribution in [2.75, 3.05) is 0 Å². The highest BCUT2D eigenvalue weighted by Gasteiger charge is 2.26. The monoisotopic (exact) mass is 384 g/mol. The van der Waals surface area contributed by atoms with Crippen molar-refractivity contribution >= 4 is 22.2 Å². The summed E-state index contributed by atoms with van der Waals surface area (Å²) in [5.41, 5.74) is 4.96. The van der Waals surface area contributed by atoms with Gasteiger partial charge in [-0.3, -0.25) is 0 Å². The second-order valence-corrected chi connectivity index (χ2v) is 8.01. The van der Waals surface area contributed by atoms with Crippen molar-refractivity contribution in [3.05, 3.63) is 65.0 Å². The van der Waals surface area contributed by atoms with Crippen LogP contribution in [-0.4, -0.2) is 20.1 Å². The number of fused-ring (bicyclic) bond motifs is 1. The number of H-pyrrole nitrogens is 1. The molecular formula is C22H16N4OS. The molecule has 1 aliphatic carbocycles. The Balaban J connectivity index is 1.28. The van der Waals surface area contributed by atoms with Crippen LogP contribution in [0.1, 0.15) is 23.8 Å². The fraction of sp³-hybridized carbons (Fsp3) is 0.136. The molecule has 1 N–H and O–H groups in total. The molecule has 0 amide bonds. The number of thiazole rings is 1. The molecule has 5 aromatic rings. The smallest absolute Gasteiger partial charge is 0.274 e. The molecule has 0 aliphatic heterocycles. The van der Waals surface area contributed by atoms with E-state index < -0.39 is 0 Å². The predicted molar refractivity (Wildman–Crippen MR) is 110 cm³/mol. The molecule has 1 saturated carbocycles. The molecule has 0 atom stereocenters. The number of para-hydroxylation sites is 1. The van der Waals surface area contributed by atoms with Gasteiger partial charge in [-0.1, -0.05) is 47.6 Å². The van der Waals surface area contributed by atoms with Gasteiger partial charge in [0.25, 0.3) is 5.89 Å². The van der Waals surface area contributed by atoms with Gasteiger partial charge in [0, 0.05) is 33.3 Å². The van der Waals surface area contributed by atoms with E-state index in [0.717, 1.165) is 33.4 Å². The normalized spacial score (nSPS) is 14.0. The molecule has 0 radical (unpaired) electrons. The zero-order valence-corrected chi connectivity index (χ0v) is 15.7. The summed E-state index contributed by atoms with van der Waals surface area (Å²) in [7, 11) is 0. The topological polar surface area (TPSA) is 67.6 Å². The van der Waals surface area contributed by atoms with Gasteiger partial charge in [-0.2, -0.15) is 4.98 Å². The van der Waals surface area contributed by atoms with E-state index in [2.05, 4.69) is 38.7 Å². The third-order valence-electron chi connectivity index (χ3n) is 5.07. The molecule has 5 nitrogen and oxygen atoms in total. The minimum absolute atomic E-state index is 0.490. The summed E-state index contributed by atoms with van der Waals surface area (Å²) in [6.07, 6.45) is 2.56. The molecule has 3 aromatic heterocycles. The Kier molecular flexibility index (Phi) is 3.46. The van der Waals surface area contributed by atoms with Gasteiger partial charge < -0.3 is 9.51 Å². The van der Waals surface area contributed by atoms with Crippen LogP contribution < -0.4 is 0 Å². The number of rotatable bonds is 4. The van der Waals surface area contributed by atoms with Gasteiger partial charge in [-0.15, -0.1) is 11.3 Å². The van der Waals surface area contributed by atoms with Crippen LogP contribution in [0.3, 0.4) is 0 Å². The quantitative estimate of drug-likeness (QED) is 0.420. The number of nitrogens with one attached hydrogen (secondary N) is 1. The number of nitrogens with zero attached hydrogens (tertiary/aromatic N) is 3. The summed E-state index contributed by atoms with van der Waals surface area (Å²) in [5.74, 6) is 1.77. The van der Waals surface area contributed by atoms with Crippen LogP contribution in [0.15, 0.2) is 64.5 Å². The third-order valence-corrected chi connectivity index (χ3v) is 6.08. The van der Waals surface area contributed by atoms with Crippen molar-refractivity contribution in [1.82, 2.24) is 20.1 Å². The Hall–Kier alpha value is -3.25. The predicted octanol–water partition coefficient (Wildman–Crippen LogP) is 5.89. The molecular weight excluding hydrogens is 368 g/mol. The lowest BCUT2D eigenvalue weighted by Crippen LogP contribution is -1.84. The van der Waals surface area contributed by atoms with E-state index in [1.807, 2.05) is 36.4 Å². The Morgan fingerprint density at radius 2 is 1.79 bits per heavy atom. The summed E-state index contributed by atoms with van der Waals surface area (Å²) < 4.78 is 5.48. The Morgan fingerprint density at radius 1 is 0.964 bits per heavy atom. The summed E-state index contributed by atoms with van der Waals surface area (Å²) in [5, 5.41) is 8.68. The number of aromatic nitrogens is 4. The molecule has 0 bridgehead atoms. The van der Waals surface area contributed by atoms with Crippen molar-refractivity contribution in [3.63, 3.8) is 0 Å². The maximum Gasteiger partial charge on any atom is 0.274 e. The Bertz CT molecular complexity index is 1240. The van der Waals surface area contributed by atoms with Crippen molar-refractivity contribution in [2.45, 2.75) is 18.8 Å². The summed E-state index contributed by atoms with van der Waals surface area (Å²) in [6.45, 7) is 0. The van der Waals surface area contributed by atoms with Crippen LogP contribution in [0.2, 0.25) is 0 Å². The van der Waals surface area contributed by atoms with E-state index in [1.165, 1.54) is 17.8 Å². The van der Waals surface area contributed by atoms with Gasteiger partial charge in [0.15, 0.2) is 0 Å². The first kappa shape index (κ1) is 15.8. The Labute approximate surface area is 165 Å². The number of aromatic amines is 1. The van der Waals surface area contributed by atoms with E-state index in [4.69, 9.17) is 9.51 Å². The molecule has 2 aromatic carbocycles. The van der Waals surface area contributed by atoms with E-state index >= 15 is 0 Å². The third kappa shape index (κ3) is 2.73. The standard InChI is InChI=1S/C22H16N4OS/c1-2-4-17-16(3-1)11-18(23-17)21-25-20(26-27-21)14-7-5-13(6-8-14)19-12-28-22(24-19)15-9-10-15/h1-8,11-12,15,23H,9-10H2. The zero-order chi connectivity index (χ0) is 18.5. The van der Waals surface area contributed by atoms with Crippen LogP contribution in [0.25, 0.3) is 45.1 Å². The largest absolute Gasteiger partial charge is 0.351 e. The molecule has 6 rings (SSSR count). The van der Waals surface area contributed by atoms with Crippen molar-refractivity contribution < 1.29 is 4.52 Å². The van der Waals surface area contributed by atoms with Crippen molar-refractivity contribution in [1.29, 1.82) is 0 Å². The first-order valence-electron chi connectivity index (χ1n) is 9.31. The fourth-order valence-electron chi connectivity index (χ4n) is 3.37. The SMILES string of the molecule is c1ccc2[nH]c(-c3nc(-c4ccc(-c5csc(C6CC6)n5)cc4)no3)cc2c1. The van der Waals surface area contributed by atoms with E-state index in [-0.39, 0.29) is 0 Å². The summed E-state index contributed by atoms with van der Waals surface area (Å²) in [4.78, 5) is 12.7. The summed E-state index contributed by atoms with van der Waals surface area (Å²) in [6, 6.07) is 18.3. The highest BCUT2D eigenvalue weighted by Crippen LogP contribution is 2.42. The minimum atomic E-state index is 0.490. The van der Waals surface area contributed by atoms with Gasteiger partial charge in [0.2, 0.25) is 5.82 Å². The molecule has 1 fully saturated rings. The van der Waals surface area contributed by atoms with E-state index in [1.54, 1.807) is 11.3 Å². The molecule has 136 valence electrons. The first-order chi connectivity index (χ1) is 13.8. The molecule has 28 heavy (non-hydrogen) atoms. The van der Waals surface area contributed by atoms with Gasteiger partial charge in [-0.25, -0.2) is 4.98 Å². The van der Waals surface area contributed by atoms with Crippen LogP contribution in [-0.2, 0) is 0 Å². The maximum absolute atomic E-state index is 5.48. The lowest BCUT2D eigenvalue weighted by atomic mass is 10.1. The number of hydrogen-bond donors (Lipinski definition) is 1. The molecule has 0 unspecified atom stereocenters. The minimum Gasteiger partial charge on any atom is -0.351 e. The summed E-state index contributed by atoms with van der Waals surface area (Å²) >= 11 is 1.76. The highest BCUT2D eigenvalue weighted by atomic mass is 32.1. The molecule has 3 heterocycles. The zero-order valence-electron chi connectivity index (χ0n) is 14.9. The number of hydrogen-bond acceptors (Lipinski definition) is 5.